The lowest BCUT2D eigenvalue weighted by Crippen LogP contribution is -2.17. The molecule has 1 aliphatic rings. The zero-order chi connectivity index (χ0) is 22.6. The predicted molar refractivity (Wildman–Crippen MR) is 124 cm³/mol. The van der Waals surface area contributed by atoms with Crippen molar-refractivity contribution in [3.63, 3.8) is 0 Å². The van der Waals surface area contributed by atoms with E-state index in [0.29, 0.717) is 28.3 Å². The maximum Gasteiger partial charge on any atom is 0.271 e. The van der Waals surface area contributed by atoms with Gasteiger partial charge in [-0.25, -0.2) is 5.43 Å². The van der Waals surface area contributed by atoms with Crippen LogP contribution in [0.1, 0.15) is 15.9 Å². The summed E-state index contributed by atoms with van der Waals surface area (Å²) in [6.45, 7) is 0.131. The highest BCUT2D eigenvalue weighted by Crippen LogP contribution is 2.32. The van der Waals surface area contributed by atoms with E-state index in [1.54, 1.807) is 30.3 Å². The fourth-order valence-corrected chi connectivity index (χ4v) is 3.38. The van der Waals surface area contributed by atoms with Gasteiger partial charge in [-0.2, -0.15) is 10.2 Å². The first-order valence-electron chi connectivity index (χ1n) is 10.1. The number of ether oxygens (including phenoxy) is 2. The standard InChI is InChI=1S/C25H18N4O4/c30-22-10-9-19(27-28-21-7-3-5-16-4-1-2-6-20(16)21)12-18(22)14-26-29-25(31)17-8-11-23-24(13-17)33-15-32-23/h1-14,30H,15H2,(H,29,31)/b26-14+,28-27?. The van der Waals surface area contributed by atoms with Crippen LogP contribution in [0.3, 0.4) is 0 Å². The molecule has 0 radical (unpaired) electrons. The highest BCUT2D eigenvalue weighted by molar-refractivity contribution is 5.96. The fraction of sp³-hybridized carbons (Fsp3) is 0.0400. The number of benzene rings is 4. The molecule has 4 aromatic carbocycles. The van der Waals surface area contributed by atoms with Gasteiger partial charge in [0, 0.05) is 16.5 Å². The molecule has 0 aromatic heterocycles. The monoisotopic (exact) mass is 438 g/mol. The number of phenolic OH excluding ortho intramolecular Hbond substituents is 1. The van der Waals surface area contributed by atoms with E-state index >= 15 is 0 Å². The summed E-state index contributed by atoms with van der Waals surface area (Å²) in [6, 6.07) is 23.4. The van der Waals surface area contributed by atoms with E-state index in [1.165, 1.54) is 12.3 Å². The van der Waals surface area contributed by atoms with Crippen molar-refractivity contribution in [2.75, 3.05) is 6.79 Å². The second-order valence-electron chi connectivity index (χ2n) is 7.21. The quantitative estimate of drug-likeness (QED) is 0.245. The maximum atomic E-state index is 12.3. The summed E-state index contributed by atoms with van der Waals surface area (Å²) < 4.78 is 10.5. The average Bonchev–Trinajstić information content (AvgIpc) is 3.32. The molecule has 1 aliphatic heterocycles. The molecule has 1 amide bonds. The van der Waals surface area contributed by atoms with Crippen LogP contribution in [-0.4, -0.2) is 24.0 Å². The molecule has 0 aliphatic carbocycles. The SMILES string of the molecule is O=C(N/N=C/c1cc(N=Nc2cccc3ccccc23)ccc1O)c1ccc2c(c1)OCO2. The molecule has 4 aromatic rings. The minimum absolute atomic E-state index is 0.000175. The zero-order valence-corrected chi connectivity index (χ0v) is 17.3. The molecule has 8 heteroatoms. The van der Waals surface area contributed by atoms with E-state index in [9.17, 15) is 9.90 Å². The van der Waals surface area contributed by atoms with Crippen molar-refractivity contribution in [1.29, 1.82) is 0 Å². The maximum absolute atomic E-state index is 12.3. The predicted octanol–water partition coefficient (Wildman–Crippen LogP) is 5.45. The molecule has 0 bridgehead atoms. The summed E-state index contributed by atoms with van der Waals surface area (Å²) in [6.07, 6.45) is 1.34. The summed E-state index contributed by atoms with van der Waals surface area (Å²) in [7, 11) is 0. The summed E-state index contributed by atoms with van der Waals surface area (Å²) >= 11 is 0. The number of rotatable bonds is 5. The van der Waals surface area contributed by atoms with Gasteiger partial charge in [0.1, 0.15) is 5.75 Å². The third-order valence-electron chi connectivity index (χ3n) is 5.06. The summed E-state index contributed by atoms with van der Waals surface area (Å²) in [4.78, 5) is 12.3. The largest absolute Gasteiger partial charge is 0.507 e. The molecule has 0 spiro atoms. The summed E-state index contributed by atoms with van der Waals surface area (Å²) in [5.41, 5.74) is 4.46. The van der Waals surface area contributed by atoms with Crippen molar-refractivity contribution >= 4 is 34.3 Å². The van der Waals surface area contributed by atoms with Gasteiger partial charge < -0.3 is 14.6 Å². The highest BCUT2D eigenvalue weighted by atomic mass is 16.7. The van der Waals surface area contributed by atoms with E-state index in [0.717, 1.165) is 16.5 Å². The van der Waals surface area contributed by atoms with Crippen LogP contribution in [0.5, 0.6) is 17.2 Å². The van der Waals surface area contributed by atoms with Gasteiger partial charge in [0.25, 0.3) is 5.91 Å². The number of azo groups is 1. The Hall–Kier alpha value is -4.72. The third-order valence-corrected chi connectivity index (χ3v) is 5.06. The van der Waals surface area contributed by atoms with Crippen LogP contribution in [0, 0.1) is 0 Å². The molecule has 1 heterocycles. The first kappa shape index (κ1) is 20.2. The summed E-state index contributed by atoms with van der Waals surface area (Å²) in [5, 5.41) is 24.8. The van der Waals surface area contributed by atoms with E-state index in [-0.39, 0.29) is 12.5 Å². The number of aromatic hydroxyl groups is 1. The van der Waals surface area contributed by atoms with Gasteiger partial charge in [-0.15, -0.1) is 5.11 Å². The van der Waals surface area contributed by atoms with Crippen LogP contribution < -0.4 is 14.9 Å². The Labute approximate surface area is 188 Å². The molecule has 0 atom stereocenters. The molecular weight excluding hydrogens is 420 g/mol. The van der Waals surface area contributed by atoms with E-state index in [4.69, 9.17) is 9.47 Å². The van der Waals surface area contributed by atoms with Crippen LogP contribution in [0.2, 0.25) is 0 Å². The van der Waals surface area contributed by atoms with Gasteiger partial charge in [0.05, 0.1) is 17.6 Å². The second-order valence-corrected chi connectivity index (χ2v) is 7.21. The van der Waals surface area contributed by atoms with Gasteiger partial charge in [0.2, 0.25) is 6.79 Å². The number of phenols is 1. The lowest BCUT2D eigenvalue weighted by atomic mass is 10.1. The first-order valence-corrected chi connectivity index (χ1v) is 10.1. The highest BCUT2D eigenvalue weighted by Gasteiger charge is 2.15. The molecule has 0 unspecified atom stereocenters. The molecule has 162 valence electrons. The van der Waals surface area contributed by atoms with Gasteiger partial charge >= 0.3 is 0 Å². The number of hydrogen-bond acceptors (Lipinski definition) is 7. The van der Waals surface area contributed by atoms with Crippen molar-refractivity contribution in [3.05, 3.63) is 90.0 Å². The average molecular weight is 438 g/mol. The van der Waals surface area contributed by atoms with Crippen LogP contribution in [0.4, 0.5) is 11.4 Å². The second kappa shape index (κ2) is 8.80. The molecule has 5 rings (SSSR count). The molecule has 0 fully saturated rings. The Bertz CT molecular complexity index is 1410. The van der Waals surface area contributed by atoms with Crippen LogP contribution in [0.15, 0.2) is 94.2 Å². The van der Waals surface area contributed by atoms with Gasteiger partial charge in [0.15, 0.2) is 11.5 Å². The Morgan fingerprint density at radius 3 is 2.70 bits per heavy atom. The van der Waals surface area contributed by atoms with Crippen molar-refractivity contribution in [2.45, 2.75) is 0 Å². The summed E-state index contributed by atoms with van der Waals surface area (Å²) in [5.74, 6) is 0.680. The minimum atomic E-state index is -0.421. The van der Waals surface area contributed by atoms with E-state index < -0.39 is 5.91 Å². The lowest BCUT2D eigenvalue weighted by Gasteiger charge is -2.03. The molecule has 8 nitrogen and oxygen atoms in total. The lowest BCUT2D eigenvalue weighted by molar-refractivity contribution is 0.0954. The molecular formula is C25H18N4O4. The smallest absolute Gasteiger partial charge is 0.271 e. The van der Waals surface area contributed by atoms with Crippen molar-refractivity contribution in [1.82, 2.24) is 5.43 Å². The topological polar surface area (TPSA) is 105 Å². The molecule has 2 N–H and O–H groups in total. The molecule has 33 heavy (non-hydrogen) atoms. The Kier molecular flexibility index (Phi) is 5.38. The number of nitrogens with one attached hydrogen (secondary N) is 1. The van der Waals surface area contributed by atoms with Crippen LogP contribution in [-0.2, 0) is 0 Å². The number of carbonyl (C=O) groups excluding carboxylic acids is 1. The first-order chi connectivity index (χ1) is 16.2. The molecule has 0 saturated carbocycles. The van der Waals surface area contributed by atoms with Crippen molar-refractivity contribution in [3.8, 4) is 17.2 Å². The number of carbonyl (C=O) groups is 1. The van der Waals surface area contributed by atoms with E-state index in [1.807, 2.05) is 42.5 Å². The fourth-order valence-electron chi connectivity index (χ4n) is 3.38. The van der Waals surface area contributed by atoms with Gasteiger partial charge in [-0.3, -0.25) is 4.79 Å². The third kappa shape index (κ3) is 4.35. The van der Waals surface area contributed by atoms with Crippen LogP contribution in [0.25, 0.3) is 10.8 Å². The number of fused-ring (bicyclic) bond motifs is 2. The Morgan fingerprint density at radius 2 is 1.76 bits per heavy atom. The number of nitrogens with zero attached hydrogens (tertiary/aromatic N) is 3. The van der Waals surface area contributed by atoms with E-state index in [2.05, 4.69) is 20.8 Å². The van der Waals surface area contributed by atoms with Gasteiger partial charge in [-0.1, -0.05) is 36.4 Å². The molecule has 0 saturated heterocycles. The van der Waals surface area contributed by atoms with Crippen molar-refractivity contribution in [2.24, 2.45) is 15.3 Å². The van der Waals surface area contributed by atoms with Crippen molar-refractivity contribution < 1.29 is 19.4 Å². The Balaban J connectivity index is 1.31. The minimum Gasteiger partial charge on any atom is -0.507 e. The number of amides is 1. The number of hydrazone groups is 1. The normalized spacial score (nSPS) is 12.6. The van der Waals surface area contributed by atoms with Gasteiger partial charge in [-0.05, 0) is 47.9 Å². The zero-order valence-electron chi connectivity index (χ0n) is 17.3. The number of hydrogen-bond donors (Lipinski definition) is 2. The Morgan fingerprint density at radius 1 is 0.909 bits per heavy atom. The van der Waals surface area contributed by atoms with Crippen LogP contribution >= 0.6 is 0 Å².